The van der Waals surface area contributed by atoms with E-state index < -0.39 is 0 Å². The van der Waals surface area contributed by atoms with Crippen LogP contribution in [0.1, 0.15) is 37.1 Å². The van der Waals surface area contributed by atoms with E-state index in [1.165, 1.54) is 11.3 Å². The van der Waals surface area contributed by atoms with E-state index in [1.54, 1.807) is 11.3 Å². The molecule has 1 aromatic rings. The molecule has 0 amide bonds. The molecule has 1 saturated carbocycles. The summed E-state index contributed by atoms with van der Waals surface area (Å²) < 4.78 is 0. The van der Waals surface area contributed by atoms with E-state index in [0.717, 1.165) is 23.9 Å². The van der Waals surface area contributed by atoms with Crippen LogP contribution in [-0.2, 0) is 13.0 Å². The molecular weight excluding hydrogens is 371 g/mol. The van der Waals surface area contributed by atoms with Crippen molar-refractivity contribution >= 4 is 41.3 Å². The van der Waals surface area contributed by atoms with Crippen molar-refractivity contribution in [1.29, 1.82) is 0 Å². The molecule has 0 bridgehead atoms. The molecule has 0 spiro atoms. The van der Waals surface area contributed by atoms with Gasteiger partial charge in [-0.05, 0) is 18.3 Å². The highest BCUT2D eigenvalue weighted by Gasteiger charge is 2.46. The van der Waals surface area contributed by atoms with E-state index in [4.69, 9.17) is 0 Å². The number of aliphatic imine (C=N–C) groups is 1. The Balaban J connectivity index is 0.00000180. The number of aromatic nitrogens is 1. The monoisotopic (exact) mass is 394 g/mol. The zero-order chi connectivity index (χ0) is 13.2. The van der Waals surface area contributed by atoms with Crippen LogP contribution in [0.4, 0.5) is 0 Å². The van der Waals surface area contributed by atoms with Gasteiger partial charge in [-0.15, -0.1) is 35.3 Å². The zero-order valence-electron chi connectivity index (χ0n) is 12.0. The summed E-state index contributed by atoms with van der Waals surface area (Å²) in [5, 5.41) is 7.87. The number of rotatable bonds is 4. The van der Waals surface area contributed by atoms with Crippen LogP contribution in [0.2, 0.25) is 0 Å². The van der Waals surface area contributed by atoms with Gasteiger partial charge in [0.1, 0.15) is 5.01 Å². The van der Waals surface area contributed by atoms with E-state index in [1.807, 2.05) is 13.2 Å². The number of halogens is 1. The first-order chi connectivity index (χ1) is 8.55. The van der Waals surface area contributed by atoms with Crippen molar-refractivity contribution in [3.05, 3.63) is 16.1 Å². The van der Waals surface area contributed by atoms with Gasteiger partial charge in [-0.2, -0.15) is 0 Å². The Labute approximate surface area is 136 Å². The zero-order valence-corrected chi connectivity index (χ0v) is 15.1. The molecule has 0 aliphatic heterocycles. The highest BCUT2D eigenvalue weighted by molar-refractivity contribution is 14.0. The smallest absolute Gasteiger partial charge is 0.191 e. The topological polar surface area (TPSA) is 49.3 Å². The van der Waals surface area contributed by atoms with Crippen LogP contribution in [0.15, 0.2) is 11.2 Å². The summed E-state index contributed by atoms with van der Waals surface area (Å²) in [4.78, 5) is 9.97. The van der Waals surface area contributed by atoms with Crippen molar-refractivity contribution in [2.45, 2.75) is 46.2 Å². The molecule has 1 aliphatic carbocycles. The third kappa shape index (κ3) is 4.59. The van der Waals surface area contributed by atoms with E-state index >= 15 is 0 Å². The second-order valence-electron chi connectivity index (χ2n) is 5.39. The minimum absolute atomic E-state index is 0. The molecule has 0 radical (unpaired) electrons. The summed E-state index contributed by atoms with van der Waals surface area (Å²) in [6, 6.07) is 0.547. The van der Waals surface area contributed by atoms with E-state index in [0.29, 0.717) is 11.5 Å². The van der Waals surface area contributed by atoms with Crippen molar-refractivity contribution < 1.29 is 0 Å². The first-order valence-corrected chi connectivity index (χ1v) is 7.27. The summed E-state index contributed by atoms with van der Waals surface area (Å²) in [5.41, 5.74) is 0.411. The largest absolute Gasteiger partial charge is 0.353 e. The van der Waals surface area contributed by atoms with Gasteiger partial charge in [-0.25, -0.2) is 4.98 Å². The Morgan fingerprint density at radius 2 is 2.26 bits per heavy atom. The molecular formula is C13H23IN4S. The molecule has 1 fully saturated rings. The number of aryl methyl sites for hydroxylation is 1. The fourth-order valence-corrected chi connectivity index (χ4v) is 2.63. The Hall–Kier alpha value is -0.370. The highest BCUT2D eigenvalue weighted by atomic mass is 127. The third-order valence-corrected chi connectivity index (χ3v) is 4.55. The molecule has 0 saturated heterocycles. The fraction of sp³-hybridized carbons (Fsp3) is 0.692. The fourth-order valence-electron chi connectivity index (χ4n) is 1.83. The summed E-state index contributed by atoms with van der Waals surface area (Å²) in [6.07, 6.45) is 4.23. The number of thiazole rings is 1. The van der Waals surface area contributed by atoms with Crippen LogP contribution in [0.5, 0.6) is 0 Å². The number of nitrogens with one attached hydrogen (secondary N) is 2. The Kier molecular flexibility index (Phi) is 6.04. The summed E-state index contributed by atoms with van der Waals surface area (Å²) in [7, 11) is 1.81. The van der Waals surface area contributed by atoms with Gasteiger partial charge in [0.15, 0.2) is 5.96 Å². The van der Waals surface area contributed by atoms with Crippen LogP contribution in [0, 0.1) is 5.41 Å². The standard InChI is InChI=1S/C13H22N4S.HI/c1-5-9-7-15-11(18-9)8-16-12(14-4)17-10-6-13(10,2)3;/h7,10H,5-6,8H2,1-4H3,(H2,14,16,17);1H. The van der Waals surface area contributed by atoms with Gasteiger partial charge < -0.3 is 10.6 Å². The second-order valence-corrected chi connectivity index (χ2v) is 6.59. The lowest BCUT2D eigenvalue weighted by Gasteiger charge is -2.12. The lowest BCUT2D eigenvalue weighted by molar-refractivity contribution is 0.589. The Morgan fingerprint density at radius 3 is 2.74 bits per heavy atom. The maximum atomic E-state index is 4.39. The van der Waals surface area contributed by atoms with Crippen molar-refractivity contribution in [3.8, 4) is 0 Å². The Morgan fingerprint density at radius 1 is 1.58 bits per heavy atom. The highest BCUT2D eigenvalue weighted by Crippen LogP contribution is 2.44. The van der Waals surface area contributed by atoms with Gasteiger partial charge in [-0.1, -0.05) is 20.8 Å². The average Bonchev–Trinajstić information content (AvgIpc) is 2.79. The molecule has 2 rings (SSSR count). The number of hydrogen-bond donors (Lipinski definition) is 2. The molecule has 1 unspecified atom stereocenters. The van der Waals surface area contributed by atoms with Crippen LogP contribution >= 0.6 is 35.3 Å². The molecule has 1 atom stereocenters. The first-order valence-electron chi connectivity index (χ1n) is 6.46. The quantitative estimate of drug-likeness (QED) is 0.469. The molecule has 1 aliphatic rings. The van der Waals surface area contributed by atoms with Gasteiger partial charge >= 0.3 is 0 Å². The van der Waals surface area contributed by atoms with Gasteiger partial charge in [0.05, 0.1) is 6.54 Å². The third-order valence-electron chi connectivity index (χ3n) is 3.40. The summed E-state index contributed by atoms with van der Waals surface area (Å²) in [6.45, 7) is 7.44. The second kappa shape index (κ2) is 6.88. The summed E-state index contributed by atoms with van der Waals surface area (Å²) >= 11 is 1.76. The van der Waals surface area contributed by atoms with Crippen molar-refractivity contribution in [3.63, 3.8) is 0 Å². The van der Waals surface area contributed by atoms with Gasteiger partial charge in [-0.3, -0.25) is 4.99 Å². The maximum absolute atomic E-state index is 4.39. The molecule has 2 N–H and O–H groups in total. The van der Waals surface area contributed by atoms with Gasteiger partial charge in [0, 0.05) is 24.2 Å². The normalized spacial score (nSPS) is 20.6. The lowest BCUT2D eigenvalue weighted by Crippen LogP contribution is -2.39. The SMILES string of the molecule is CCc1cnc(CNC(=NC)NC2CC2(C)C)s1.I. The first kappa shape index (κ1) is 16.7. The van der Waals surface area contributed by atoms with Crippen LogP contribution in [-0.4, -0.2) is 24.0 Å². The van der Waals surface area contributed by atoms with Crippen molar-refractivity contribution in [2.75, 3.05) is 7.05 Å². The molecule has 19 heavy (non-hydrogen) atoms. The lowest BCUT2D eigenvalue weighted by atomic mass is 10.2. The van der Waals surface area contributed by atoms with Crippen molar-refractivity contribution in [2.24, 2.45) is 10.4 Å². The summed E-state index contributed by atoms with van der Waals surface area (Å²) in [5.74, 6) is 0.874. The Bertz CT molecular complexity index is 442. The van der Waals surface area contributed by atoms with Crippen LogP contribution < -0.4 is 10.6 Å². The molecule has 1 heterocycles. The molecule has 6 heteroatoms. The van der Waals surface area contributed by atoms with Gasteiger partial charge in [0.2, 0.25) is 0 Å². The average molecular weight is 394 g/mol. The van der Waals surface area contributed by atoms with E-state index in [2.05, 4.69) is 41.4 Å². The molecule has 108 valence electrons. The predicted molar refractivity (Wildman–Crippen MR) is 92.4 cm³/mol. The van der Waals surface area contributed by atoms with E-state index in [9.17, 15) is 0 Å². The minimum Gasteiger partial charge on any atom is -0.353 e. The molecule has 4 nitrogen and oxygen atoms in total. The number of hydrogen-bond acceptors (Lipinski definition) is 3. The van der Waals surface area contributed by atoms with Crippen LogP contribution in [0.25, 0.3) is 0 Å². The van der Waals surface area contributed by atoms with Gasteiger partial charge in [0.25, 0.3) is 0 Å². The number of guanidine groups is 1. The number of nitrogens with zero attached hydrogens (tertiary/aromatic N) is 2. The molecule has 1 aromatic heterocycles. The maximum Gasteiger partial charge on any atom is 0.191 e. The molecule has 0 aromatic carbocycles. The van der Waals surface area contributed by atoms with Crippen LogP contribution in [0.3, 0.4) is 0 Å². The van der Waals surface area contributed by atoms with Crippen molar-refractivity contribution in [1.82, 2.24) is 15.6 Å². The predicted octanol–water partition coefficient (Wildman–Crippen LogP) is 2.79. The van der Waals surface area contributed by atoms with E-state index in [-0.39, 0.29) is 24.0 Å². The minimum atomic E-state index is 0.